The summed E-state index contributed by atoms with van der Waals surface area (Å²) in [4.78, 5) is 25.1. The number of hydrogen-bond acceptors (Lipinski definition) is 4. The molecule has 0 fully saturated rings. The van der Waals surface area contributed by atoms with E-state index in [1.807, 2.05) is 37.3 Å². The van der Waals surface area contributed by atoms with Crippen molar-refractivity contribution in [1.82, 2.24) is 10.6 Å². The van der Waals surface area contributed by atoms with Crippen LogP contribution >= 0.6 is 0 Å². The smallest absolute Gasteiger partial charge is 0.338 e. The highest BCUT2D eigenvalue weighted by molar-refractivity contribution is 5.98. The number of carbonyl (C=O) groups is 2. The molecule has 0 aromatic heterocycles. The molecule has 3 rings (SSSR count). The van der Waals surface area contributed by atoms with E-state index in [-0.39, 0.29) is 12.4 Å². The molecule has 6 heteroatoms. The monoisotopic (exact) mass is 368 g/mol. The van der Waals surface area contributed by atoms with Crippen molar-refractivity contribution in [3.8, 4) is 5.75 Å². The third-order valence-electron chi connectivity index (χ3n) is 4.67. The fourth-order valence-corrected chi connectivity index (χ4v) is 3.42. The molecule has 1 aliphatic heterocycles. The summed E-state index contributed by atoms with van der Waals surface area (Å²) in [5.74, 6) is -0.467. The van der Waals surface area contributed by atoms with Crippen LogP contribution in [0.5, 0.6) is 5.75 Å². The summed E-state index contributed by atoms with van der Waals surface area (Å²) in [5.41, 5.74) is 1.40. The lowest BCUT2D eigenvalue weighted by atomic mass is 9.89. The van der Waals surface area contributed by atoms with E-state index in [0.29, 0.717) is 23.3 Å². The number of allylic oxidation sites excluding steroid dienone is 1. The highest BCUT2D eigenvalue weighted by Gasteiger charge is 2.35. The number of amides is 2. The first-order valence-electron chi connectivity index (χ1n) is 9.25. The molecular weight excluding hydrogens is 344 g/mol. The number of hydrogen-bond donors (Lipinski definition) is 3. The Hall–Kier alpha value is -3.02. The van der Waals surface area contributed by atoms with Gasteiger partial charge in [-0.2, -0.15) is 0 Å². The third-order valence-corrected chi connectivity index (χ3v) is 4.67. The molecule has 1 heterocycles. The molecule has 1 aliphatic rings. The molecule has 2 aromatic rings. The van der Waals surface area contributed by atoms with Crippen LogP contribution in [0.1, 0.15) is 44.7 Å². The first-order valence-corrected chi connectivity index (χ1v) is 9.25. The third kappa shape index (κ3) is 3.74. The molecule has 1 atom stereocenters. The van der Waals surface area contributed by atoms with Gasteiger partial charge < -0.3 is 20.5 Å². The van der Waals surface area contributed by atoms with Gasteiger partial charge in [0.05, 0.1) is 18.2 Å². The molecule has 0 radical (unpaired) electrons. The standard InChI is InChI=1S/C21H24N2O4/c1-3-5-10-15-18(20(25)27-4-2)19(23-21(26)22-15)17-14-9-7-6-8-13(14)11-12-16(17)24/h6-9,11-12,19,24H,3-5,10H2,1-2H3,(H2,22,23,26). The van der Waals surface area contributed by atoms with Crippen LogP contribution in [0.3, 0.4) is 0 Å². The summed E-state index contributed by atoms with van der Waals surface area (Å²) in [7, 11) is 0. The van der Waals surface area contributed by atoms with Crippen LogP contribution in [0.25, 0.3) is 10.8 Å². The molecule has 0 aliphatic carbocycles. The molecule has 0 saturated carbocycles. The van der Waals surface area contributed by atoms with Crippen LogP contribution in [0.2, 0.25) is 0 Å². The highest BCUT2D eigenvalue weighted by atomic mass is 16.5. The molecule has 27 heavy (non-hydrogen) atoms. The number of aromatic hydroxyl groups is 1. The van der Waals surface area contributed by atoms with Crippen molar-refractivity contribution < 1.29 is 19.4 Å². The minimum Gasteiger partial charge on any atom is -0.508 e. The number of carbonyl (C=O) groups excluding carboxylic acids is 2. The molecule has 1 unspecified atom stereocenters. The van der Waals surface area contributed by atoms with Gasteiger partial charge in [-0.05, 0) is 36.6 Å². The number of fused-ring (bicyclic) bond motifs is 1. The second-order valence-corrected chi connectivity index (χ2v) is 6.47. The van der Waals surface area contributed by atoms with Crippen molar-refractivity contribution in [1.29, 1.82) is 0 Å². The fourth-order valence-electron chi connectivity index (χ4n) is 3.42. The van der Waals surface area contributed by atoms with Gasteiger partial charge in [-0.1, -0.05) is 43.7 Å². The van der Waals surface area contributed by atoms with E-state index in [9.17, 15) is 14.7 Å². The molecule has 3 N–H and O–H groups in total. The average molecular weight is 368 g/mol. The molecule has 142 valence electrons. The van der Waals surface area contributed by atoms with Crippen LogP contribution in [0, 0.1) is 0 Å². The minimum atomic E-state index is -0.782. The predicted molar refractivity (Wildman–Crippen MR) is 103 cm³/mol. The number of esters is 1. The van der Waals surface area contributed by atoms with Crippen LogP contribution in [-0.2, 0) is 9.53 Å². The number of ether oxygens (including phenoxy) is 1. The second-order valence-electron chi connectivity index (χ2n) is 6.47. The summed E-state index contributed by atoms with van der Waals surface area (Å²) >= 11 is 0. The Morgan fingerprint density at radius 1 is 1.19 bits per heavy atom. The lowest BCUT2D eigenvalue weighted by Gasteiger charge is -2.30. The van der Waals surface area contributed by atoms with E-state index in [2.05, 4.69) is 10.6 Å². The Bertz CT molecular complexity index is 904. The largest absolute Gasteiger partial charge is 0.508 e. The van der Waals surface area contributed by atoms with Crippen molar-refractivity contribution in [2.75, 3.05) is 6.61 Å². The zero-order valence-corrected chi connectivity index (χ0v) is 15.5. The Labute approximate surface area is 158 Å². The number of unbranched alkanes of at least 4 members (excludes halogenated alkanes) is 1. The topological polar surface area (TPSA) is 87.7 Å². The quantitative estimate of drug-likeness (QED) is 0.675. The van der Waals surface area contributed by atoms with Gasteiger partial charge in [0.2, 0.25) is 0 Å². The van der Waals surface area contributed by atoms with Gasteiger partial charge >= 0.3 is 12.0 Å². The van der Waals surface area contributed by atoms with E-state index in [4.69, 9.17) is 4.74 Å². The zero-order valence-electron chi connectivity index (χ0n) is 15.5. The maximum Gasteiger partial charge on any atom is 0.338 e. The van der Waals surface area contributed by atoms with Gasteiger partial charge in [-0.25, -0.2) is 9.59 Å². The number of phenolic OH excluding ortho intramolecular Hbond substituents is 1. The molecule has 0 saturated heterocycles. The van der Waals surface area contributed by atoms with E-state index in [0.717, 1.165) is 23.6 Å². The van der Waals surface area contributed by atoms with Gasteiger partial charge in [0.1, 0.15) is 5.75 Å². The fraction of sp³-hybridized carbons (Fsp3) is 0.333. The Morgan fingerprint density at radius 2 is 1.96 bits per heavy atom. The van der Waals surface area contributed by atoms with Gasteiger partial charge in [0.15, 0.2) is 0 Å². The van der Waals surface area contributed by atoms with E-state index >= 15 is 0 Å². The van der Waals surface area contributed by atoms with E-state index in [1.165, 1.54) is 0 Å². The number of benzene rings is 2. The average Bonchev–Trinajstić information content (AvgIpc) is 2.65. The Morgan fingerprint density at radius 3 is 2.70 bits per heavy atom. The predicted octanol–water partition coefficient (Wildman–Crippen LogP) is 3.91. The molecular formula is C21H24N2O4. The molecule has 2 aromatic carbocycles. The maximum atomic E-state index is 12.8. The molecule has 2 amide bonds. The van der Waals surface area contributed by atoms with Crippen LogP contribution in [0.15, 0.2) is 47.7 Å². The summed E-state index contributed by atoms with van der Waals surface area (Å²) in [6.07, 6.45) is 2.31. The molecule has 0 spiro atoms. The number of urea groups is 1. The van der Waals surface area contributed by atoms with Crippen LogP contribution in [-0.4, -0.2) is 23.7 Å². The van der Waals surface area contributed by atoms with E-state index < -0.39 is 18.0 Å². The summed E-state index contributed by atoms with van der Waals surface area (Å²) in [5, 5.41) is 17.8. The van der Waals surface area contributed by atoms with Crippen molar-refractivity contribution in [2.24, 2.45) is 0 Å². The lowest BCUT2D eigenvalue weighted by molar-refractivity contribution is -0.139. The van der Waals surface area contributed by atoms with E-state index in [1.54, 1.807) is 13.0 Å². The van der Waals surface area contributed by atoms with Crippen molar-refractivity contribution >= 4 is 22.8 Å². The first kappa shape index (κ1) is 18.8. The van der Waals surface area contributed by atoms with Crippen molar-refractivity contribution in [2.45, 2.75) is 39.2 Å². The maximum absolute atomic E-state index is 12.8. The molecule has 6 nitrogen and oxygen atoms in total. The van der Waals surface area contributed by atoms with Crippen molar-refractivity contribution in [3.63, 3.8) is 0 Å². The van der Waals surface area contributed by atoms with Crippen LogP contribution < -0.4 is 10.6 Å². The van der Waals surface area contributed by atoms with Gasteiger partial charge in [-0.3, -0.25) is 0 Å². The number of nitrogens with one attached hydrogen (secondary N) is 2. The first-order chi connectivity index (χ1) is 13.1. The highest BCUT2D eigenvalue weighted by Crippen LogP contribution is 2.38. The molecule has 0 bridgehead atoms. The Balaban J connectivity index is 2.21. The van der Waals surface area contributed by atoms with Crippen LogP contribution in [0.4, 0.5) is 4.79 Å². The summed E-state index contributed by atoms with van der Waals surface area (Å²) in [6.45, 7) is 4.01. The number of rotatable bonds is 6. The zero-order chi connectivity index (χ0) is 19.4. The van der Waals surface area contributed by atoms with Gasteiger partial charge in [0, 0.05) is 11.3 Å². The van der Waals surface area contributed by atoms with Crippen molar-refractivity contribution in [3.05, 3.63) is 53.2 Å². The van der Waals surface area contributed by atoms with Gasteiger partial charge in [0.25, 0.3) is 0 Å². The van der Waals surface area contributed by atoms with Gasteiger partial charge in [-0.15, -0.1) is 0 Å². The summed E-state index contributed by atoms with van der Waals surface area (Å²) < 4.78 is 5.26. The second kappa shape index (κ2) is 8.12. The minimum absolute atomic E-state index is 0.0255. The SMILES string of the molecule is CCCCC1=C(C(=O)OCC)C(c2c(O)ccc3ccccc23)NC(=O)N1. The normalized spacial score (nSPS) is 16.8. The Kier molecular flexibility index (Phi) is 5.64. The lowest BCUT2D eigenvalue weighted by Crippen LogP contribution is -2.46. The number of phenols is 1. The summed E-state index contributed by atoms with van der Waals surface area (Å²) in [6, 6.07) is 9.77.